The summed E-state index contributed by atoms with van der Waals surface area (Å²) in [6.07, 6.45) is 6.74. The third kappa shape index (κ3) is 6.45. The molecular weight excluding hydrogens is 930 g/mol. The Morgan fingerprint density at radius 1 is 0.455 bits per heavy atom. The molecule has 0 aromatic heterocycles. The van der Waals surface area contributed by atoms with Gasteiger partial charge in [-0.3, -0.25) is 0 Å². The maximum Gasteiger partial charge on any atom is 0.252 e. The zero-order valence-electron chi connectivity index (χ0n) is 47.8. The highest BCUT2D eigenvalue weighted by molar-refractivity contribution is 7.00. The second kappa shape index (κ2) is 16.2. The Morgan fingerprint density at radius 2 is 1.05 bits per heavy atom. The maximum absolute atomic E-state index is 2.92. The van der Waals surface area contributed by atoms with Crippen LogP contribution in [0.1, 0.15) is 160 Å². The van der Waals surface area contributed by atoms with Gasteiger partial charge in [-0.2, -0.15) is 0 Å². The average Bonchev–Trinajstić information content (AvgIpc) is 3.18. The highest BCUT2D eigenvalue weighted by atomic mass is 15.3. The van der Waals surface area contributed by atoms with Gasteiger partial charge in [0.05, 0.1) is 16.8 Å². The summed E-state index contributed by atoms with van der Waals surface area (Å²) in [6.45, 7) is 29.2. The van der Waals surface area contributed by atoms with Gasteiger partial charge in [-0.05, 0) is 159 Å². The third-order valence-corrected chi connectivity index (χ3v) is 20.6. The highest BCUT2D eigenvalue weighted by Gasteiger charge is 2.65. The van der Waals surface area contributed by atoms with Gasteiger partial charge in [0.1, 0.15) is 0 Å². The zero-order chi connectivity index (χ0) is 53.4. The van der Waals surface area contributed by atoms with E-state index in [4.69, 9.17) is 0 Å². The molecule has 77 heavy (non-hydrogen) atoms. The van der Waals surface area contributed by atoms with E-state index in [1.807, 2.05) is 0 Å². The molecule has 0 spiro atoms. The van der Waals surface area contributed by atoms with Gasteiger partial charge in [0.25, 0.3) is 6.71 Å². The SMILES string of the molecule is CC(C)(C)c1ccc2c(c1)B1c3cccc4c3N(c3cc(N5c6ccc(C(C)(C)C)cc6C6(c7ccccc7)CCCCC56C)cc(c31)N2c1ccc(C(C)(C)C)cc1-c1ccccc1)C1(C)c2ccccc2CCC41C. The van der Waals surface area contributed by atoms with E-state index in [0.717, 1.165) is 25.7 Å². The lowest BCUT2D eigenvalue weighted by molar-refractivity contribution is 0.215. The molecule has 4 aliphatic heterocycles. The minimum atomic E-state index is -0.368. The van der Waals surface area contributed by atoms with Crippen LogP contribution in [-0.2, 0) is 39.0 Å². The van der Waals surface area contributed by atoms with Gasteiger partial charge < -0.3 is 14.7 Å². The van der Waals surface area contributed by atoms with Gasteiger partial charge >= 0.3 is 0 Å². The van der Waals surface area contributed by atoms with Crippen molar-refractivity contribution in [3.05, 3.63) is 214 Å². The predicted molar refractivity (Wildman–Crippen MR) is 328 cm³/mol. The molecule has 1 saturated carbocycles. The minimum Gasteiger partial charge on any atom is -0.334 e. The molecule has 8 aromatic carbocycles. The molecule has 4 heterocycles. The molecule has 3 nitrogen and oxygen atoms in total. The fourth-order valence-electron chi connectivity index (χ4n) is 16.4. The second-order valence-electron chi connectivity index (χ2n) is 27.7. The van der Waals surface area contributed by atoms with Crippen molar-refractivity contribution in [1.29, 1.82) is 0 Å². The van der Waals surface area contributed by atoms with Crippen LogP contribution in [0.2, 0.25) is 0 Å². The fraction of sp³-hybridized carbons (Fsp3) is 0.342. The van der Waals surface area contributed by atoms with Crippen molar-refractivity contribution >= 4 is 62.9 Å². The molecule has 0 saturated heterocycles. The smallest absolute Gasteiger partial charge is 0.252 e. The quantitative estimate of drug-likeness (QED) is 0.163. The van der Waals surface area contributed by atoms with Crippen LogP contribution in [-0.4, -0.2) is 12.3 Å². The fourth-order valence-corrected chi connectivity index (χ4v) is 16.4. The van der Waals surface area contributed by atoms with Crippen molar-refractivity contribution in [3.63, 3.8) is 0 Å². The number of hydrogen-bond acceptors (Lipinski definition) is 3. The van der Waals surface area contributed by atoms with Crippen LogP contribution in [0.5, 0.6) is 0 Å². The molecule has 0 bridgehead atoms. The summed E-state index contributed by atoms with van der Waals surface area (Å²) >= 11 is 0. The molecular formula is C73H76BN3. The lowest BCUT2D eigenvalue weighted by Crippen LogP contribution is -2.64. The lowest BCUT2D eigenvalue weighted by Gasteiger charge is -2.54. The molecule has 4 unspecified atom stereocenters. The number of aryl methyl sites for hydroxylation is 1. The molecule has 0 N–H and O–H groups in total. The number of nitrogens with zero attached hydrogens (tertiary/aromatic N) is 3. The summed E-state index contributed by atoms with van der Waals surface area (Å²) < 4.78 is 0. The first-order chi connectivity index (χ1) is 36.7. The van der Waals surface area contributed by atoms with Crippen LogP contribution in [0.4, 0.5) is 39.8 Å². The summed E-state index contributed by atoms with van der Waals surface area (Å²) in [6, 6.07) is 67.7. The molecule has 4 heteroatoms. The van der Waals surface area contributed by atoms with Crippen LogP contribution in [0, 0.1) is 0 Å². The number of fused-ring (bicyclic) bond motifs is 12. The van der Waals surface area contributed by atoms with Crippen molar-refractivity contribution < 1.29 is 0 Å². The normalized spacial score (nSPS) is 23.6. The molecule has 386 valence electrons. The Kier molecular flexibility index (Phi) is 10.2. The van der Waals surface area contributed by atoms with Crippen LogP contribution in [0.25, 0.3) is 11.1 Å². The first-order valence-electron chi connectivity index (χ1n) is 29.1. The average molecular weight is 1010 g/mol. The molecule has 1 fully saturated rings. The van der Waals surface area contributed by atoms with Crippen molar-refractivity contribution in [2.24, 2.45) is 0 Å². The Morgan fingerprint density at radius 3 is 1.77 bits per heavy atom. The Balaban J connectivity index is 1.14. The first-order valence-corrected chi connectivity index (χ1v) is 29.1. The monoisotopic (exact) mass is 1010 g/mol. The van der Waals surface area contributed by atoms with Crippen molar-refractivity contribution in [3.8, 4) is 11.1 Å². The summed E-state index contributed by atoms with van der Waals surface area (Å²) in [5, 5.41) is 0. The van der Waals surface area contributed by atoms with Crippen LogP contribution in [0.15, 0.2) is 170 Å². The predicted octanol–water partition coefficient (Wildman–Crippen LogP) is 16.9. The van der Waals surface area contributed by atoms with Crippen LogP contribution >= 0.6 is 0 Å². The van der Waals surface area contributed by atoms with E-state index >= 15 is 0 Å². The van der Waals surface area contributed by atoms with Gasteiger partial charge in [0.2, 0.25) is 0 Å². The largest absolute Gasteiger partial charge is 0.334 e. The molecule has 0 amide bonds. The zero-order valence-corrected chi connectivity index (χ0v) is 47.8. The van der Waals surface area contributed by atoms with E-state index < -0.39 is 0 Å². The number of rotatable bonds is 4. The molecule has 8 aromatic rings. The summed E-state index contributed by atoms with van der Waals surface area (Å²) in [5.74, 6) is 0. The van der Waals surface area contributed by atoms with E-state index in [1.165, 1.54) is 125 Å². The van der Waals surface area contributed by atoms with E-state index in [0.29, 0.717) is 0 Å². The van der Waals surface area contributed by atoms with E-state index in [-0.39, 0.29) is 44.9 Å². The number of benzene rings is 8. The van der Waals surface area contributed by atoms with Gasteiger partial charge in [0, 0.05) is 50.5 Å². The third-order valence-electron chi connectivity index (χ3n) is 20.6. The Bertz CT molecular complexity index is 3740. The van der Waals surface area contributed by atoms with Gasteiger partial charge in [-0.25, -0.2) is 0 Å². The molecule has 6 aliphatic rings. The highest BCUT2D eigenvalue weighted by Crippen LogP contribution is 2.67. The molecule has 0 radical (unpaired) electrons. The second-order valence-corrected chi connectivity index (χ2v) is 27.7. The minimum absolute atomic E-state index is 0.00458. The Labute approximate surface area is 460 Å². The standard InChI is InChI=1S/C73H76BN3/c1-67(2,3)50-32-35-60(54(42-50)47-24-15-13-16-25-47)75-62-37-34-52(69(7,8)9)44-59(62)74-58-31-23-30-56-66(58)77(72(12)55-29-20-19-26-48(55)38-41-70(56,72)10)64-46-53(45-63(75)65(64)74)76-61-36-33-51(68(4,5)6)43-57(61)73(49-27-17-14-18-28-49)40-22-21-39-71(73,76)11/h13-20,23-37,42-46H,21-22,38-41H2,1-12H3. The number of anilines is 7. The van der Waals surface area contributed by atoms with Crippen LogP contribution in [0.3, 0.4) is 0 Å². The van der Waals surface area contributed by atoms with E-state index in [9.17, 15) is 0 Å². The number of para-hydroxylation sites is 1. The van der Waals surface area contributed by atoms with E-state index in [1.54, 1.807) is 0 Å². The summed E-state index contributed by atoms with van der Waals surface area (Å²) in [4.78, 5) is 8.53. The van der Waals surface area contributed by atoms with Gasteiger partial charge in [-0.15, -0.1) is 0 Å². The topological polar surface area (TPSA) is 9.72 Å². The maximum atomic E-state index is 2.92. The van der Waals surface area contributed by atoms with Crippen molar-refractivity contribution in [2.75, 3.05) is 14.7 Å². The summed E-state index contributed by atoms with van der Waals surface area (Å²) in [7, 11) is 0. The summed E-state index contributed by atoms with van der Waals surface area (Å²) in [5.41, 5.74) is 26.2. The molecule has 2 aliphatic carbocycles. The molecule has 4 atom stereocenters. The Hall–Kier alpha value is -6.78. The number of hydrogen-bond donors (Lipinski definition) is 0. The molecule has 14 rings (SSSR count). The van der Waals surface area contributed by atoms with Crippen LogP contribution < -0.4 is 31.1 Å². The first kappa shape index (κ1) is 48.6. The van der Waals surface area contributed by atoms with Crippen molar-refractivity contribution in [2.45, 2.75) is 160 Å². The van der Waals surface area contributed by atoms with Gasteiger partial charge in [0.15, 0.2) is 0 Å². The lowest BCUT2D eigenvalue weighted by atomic mass is 9.33. The van der Waals surface area contributed by atoms with Crippen molar-refractivity contribution in [1.82, 2.24) is 0 Å². The van der Waals surface area contributed by atoms with Gasteiger partial charge in [-0.1, -0.05) is 216 Å². The van der Waals surface area contributed by atoms with E-state index in [2.05, 4.69) is 268 Å².